The zero-order chi connectivity index (χ0) is 13.0. The number of aliphatic hydroxyl groups excluding tert-OH is 1. The molecule has 1 amide bonds. The van der Waals surface area contributed by atoms with Crippen LogP contribution in [0.2, 0.25) is 0 Å². The minimum absolute atomic E-state index is 0.0833. The molecule has 1 saturated heterocycles. The Bertz CT molecular complexity index is 417. The van der Waals surface area contributed by atoms with Gasteiger partial charge in [-0.25, -0.2) is 0 Å². The molecule has 0 radical (unpaired) electrons. The van der Waals surface area contributed by atoms with E-state index in [0.29, 0.717) is 6.54 Å². The van der Waals surface area contributed by atoms with Gasteiger partial charge in [-0.1, -0.05) is 22.0 Å². The second-order valence-corrected chi connectivity index (χ2v) is 5.28. The van der Waals surface area contributed by atoms with Crippen molar-refractivity contribution in [1.29, 1.82) is 0 Å². The lowest BCUT2D eigenvalue weighted by Gasteiger charge is -2.34. The summed E-state index contributed by atoms with van der Waals surface area (Å²) < 4.78 is 0.923. The van der Waals surface area contributed by atoms with Crippen LogP contribution in [0, 0.1) is 0 Å². The maximum absolute atomic E-state index is 12.3. The van der Waals surface area contributed by atoms with Crippen molar-refractivity contribution in [3.8, 4) is 0 Å². The Morgan fingerprint density at radius 2 is 2.00 bits per heavy atom. The van der Waals surface area contributed by atoms with Crippen LogP contribution >= 0.6 is 15.9 Å². The summed E-state index contributed by atoms with van der Waals surface area (Å²) in [7, 11) is 0. The molecule has 1 aromatic carbocycles. The van der Waals surface area contributed by atoms with Gasteiger partial charge >= 0.3 is 0 Å². The number of carbonyl (C=O) groups excluding carboxylic acids is 1. The Morgan fingerprint density at radius 1 is 1.28 bits per heavy atom. The summed E-state index contributed by atoms with van der Waals surface area (Å²) in [5.74, 6) is 0.0833. The highest BCUT2D eigenvalue weighted by Gasteiger charge is 2.21. The van der Waals surface area contributed by atoms with Crippen molar-refractivity contribution < 1.29 is 9.90 Å². The molecule has 0 aromatic heterocycles. The van der Waals surface area contributed by atoms with E-state index in [2.05, 4.69) is 20.8 Å². The van der Waals surface area contributed by atoms with Crippen LogP contribution in [0.5, 0.6) is 0 Å². The van der Waals surface area contributed by atoms with E-state index in [-0.39, 0.29) is 12.5 Å². The summed E-state index contributed by atoms with van der Waals surface area (Å²) in [6, 6.07) is 7.48. The molecule has 1 fully saturated rings. The van der Waals surface area contributed by atoms with Gasteiger partial charge in [0.05, 0.1) is 6.61 Å². The highest BCUT2D eigenvalue weighted by molar-refractivity contribution is 9.10. The quantitative estimate of drug-likeness (QED) is 0.912. The predicted molar refractivity (Wildman–Crippen MR) is 73.6 cm³/mol. The first-order valence-electron chi connectivity index (χ1n) is 6.09. The van der Waals surface area contributed by atoms with Crippen LogP contribution < -0.4 is 0 Å². The number of carbonyl (C=O) groups is 1. The van der Waals surface area contributed by atoms with Crippen molar-refractivity contribution in [2.24, 2.45) is 0 Å². The van der Waals surface area contributed by atoms with Crippen molar-refractivity contribution in [3.63, 3.8) is 0 Å². The third-order valence-corrected chi connectivity index (χ3v) is 3.64. The van der Waals surface area contributed by atoms with Crippen molar-refractivity contribution in [3.05, 3.63) is 34.3 Å². The largest absolute Gasteiger partial charge is 0.395 e. The lowest BCUT2D eigenvalue weighted by atomic mass is 10.2. The van der Waals surface area contributed by atoms with E-state index >= 15 is 0 Å². The normalized spacial score (nSPS) is 16.9. The highest BCUT2D eigenvalue weighted by atomic mass is 79.9. The van der Waals surface area contributed by atoms with Crippen LogP contribution in [0.1, 0.15) is 10.4 Å². The molecule has 5 heteroatoms. The Labute approximate surface area is 115 Å². The topological polar surface area (TPSA) is 43.8 Å². The summed E-state index contributed by atoms with van der Waals surface area (Å²) >= 11 is 3.38. The zero-order valence-electron chi connectivity index (χ0n) is 10.2. The molecule has 0 atom stereocenters. The summed E-state index contributed by atoms with van der Waals surface area (Å²) in [5.41, 5.74) is 0.722. The Morgan fingerprint density at radius 3 is 2.61 bits per heavy atom. The first-order chi connectivity index (χ1) is 8.70. The predicted octanol–water partition coefficient (Wildman–Crippen LogP) is 1.20. The van der Waals surface area contributed by atoms with Gasteiger partial charge in [0.1, 0.15) is 0 Å². The molecule has 2 rings (SSSR count). The SMILES string of the molecule is O=C(c1cccc(Br)c1)N1CCN(CCO)CC1. The van der Waals surface area contributed by atoms with Crippen molar-refractivity contribution in [2.45, 2.75) is 0 Å². The smallest absolute Gasteiger partial charge is 0.253 e. The van der Waals surface area contributed by atoms with Gasteiger partial charge in [-0.05, 0) is 18.2 Å². The van der Waals surface area contributed by atoms with Gasteiger partial charge < -0.3 is 10.0 Å². The lowest BCUT2D eigenvalue weighted by molar-refractivity contribution is 0.0615. The molecule has 0 aliphatic carbocycles. The van der Waals surface area contributed by atoms with Crippen molar-refractivity contribution in [1.82, 2.24) is 9.80 Å². The molecular formula is C13H17BrN2O2. The Kier molecular flexibility index (Phi) is 4.74. The van der Waals surface area contributed by atoms with Gasteiger partial charge in [0.15, 0.2) is 0 Å². The van der Waals surface area contributed by atoms with E-state index in [1.807, 2.05) is 29.2 Å². The molecule has 0 spiro atoms. The molecule has 1 aliphatic heterocycles. The Hall–Kier alpha value is -0.910. The second kappa shape index (κ2) is 6.31. The summed E-state index contributed by atoms with van der Waals surface area (Å²) in [4.78, 5) is 16.3. The fourth-order valence-electron chi connectivity index (χ4n) is 2.12. The number of nitrogens with zero attached hydrogens (tertiary/aromatic N) is 2. The fraction of sp³-hybridized carbons (Fsp3) is 0.462. The maximum atomic E-state index is 12.3. The average molecular weight is 313 g/mol. The first-order valence-corrected chi connectivity index (χ1v) is 6.88. The number of hydrogen-bond donors (Lipinski definition) is 1. The molecule has 1 aliphatic rings. The van der Waals surface area contributed by atoms with Crippen LogP contribution in [0.3, 0.4) is 0 Å². The molecule has 0 bridgehead atoms. The van der Waals surface area contributed by atoms with Crippen molar-refractivity contribution in [2.75, 3.05) is 39.3 Å². The van der Waals surface area contributed by atoms with E-state index in [1.54, 1.807) is 0 Å². The molecular weight excluding hydrogens is 296 g/mol. The number of amides is 1. The molecule has 1 aromatic rings. The Balaban J connectivity index is 1.95. The van der Waals surface area contributed by atoms with Crippen molar-refractivity contribution >= 4 is 21.8 Å². The molecule has 1 heterocycles. The van der Waals surface area contributed by atoms with Gasteiger partial charge in [0.2, 0.25) is 0 Å². The van der Waals surface area contributed by atoms with Crippen LogP contribution in [-0.4, -0.2) is 60.1 Å². The number of halogens is 1. The van der Waals surface area contributed by atoms with Gasteiger partial charge in [-0.15, -0.1) is 0 Å². The molecule has 18 heavy (non-hydrogen) atoms. The highest BCUT2D eigenvalue weighted by Crippen LogP contribution is 2.14. The minimum atomic E-state index is 0.0833. The molecule has 1 N–H and O–H groups in total. The van der Waals surface area contributed by atoms with Gasteiger partial charge in [-0.2, -0.15) is 0 Å². The number of aliphatic hydroxyl groups is 1. The van der Waals surface area contributed by atoms with Gasteiger partial charge in [0, 0.05) is 42.8 Å². The van der Waals surface area contributed by atoms with Crippen LogP contribution in [0.4, 0.5) is 0 Å². The van der Waals surface area contributed by atoms with E-state index in [4.69, 9.17) is 5.11 Å². The van der Waals surface area contributed by atoms with E-state index < -0.39 is 0 Å². The fourth-order valence-corrected chi connectivity index (χ4v) is 2.52. The number of piperazine rings is 1. The molecule has 98 valence electrons. The van der Waals surface area contributed by atoms with Crippen LogP contribution in [-0.2, 0) is 0 Å². The number of rotatable bonds is 3. The molecule has 0 saturated carbocycles. The number of β-amino-alcohol motifs (C(OH)–C–C–N with tert-alkyl or cyclic N) is 1. The summed E-state index contributed by atoms with van der Waals surface area (Å²) in [6.07, 6.45) is 0. The van der Waals surface area contributed by atoms with Gasteiger partial charge in [0.25, 0.3) is 5.91 Å². The number of benzene rings is 1. The van der Waals surface area contributed by atoms with Gasteiger partial charge in [-0.3, -0.25) is 9.69 Å². The first kappa shape index (κ1) is 13.5. The molecule has 4 nitrogen and oxygen atoms in total. The maximum Gasteiger partial charge on any atom is 0.253 e. The lowest BCUT2D eigenvalue weighted by Crippen LogP contribution is -2.49. The van der Waals surface area contributed by atoms with Crippen LogP contribution in [0.15, 0.2) is 28.7 Å². The van der Waals surface area contributed by atoms with E-state index in [1.165, 1.54) is 0 Å². The minimum Gasteiger partial charge on any atom is -0.395 e. The van der Waals surface area contributed by atoms with E-state index in [0.717, 1.165) is 36.2 Å². The van der Waals surface area contributed by atoms with Crippen LogP contribution in [0.25, 0.3) is 0 Å². The van der Waals surface area contributed by atoms with E-state index in [9.17, 15) is 4.79 Å². The number of hydrogen-bond acceptors (Lipinski definition) is 3. The summed E-state index contributed by atoms with van der Waals surface area (Å²) in [5, 5.41) is 8.87. The summed E-state index contributed by atoms with van der Waals surface area (Å²) in [6.45, 7) is 4.00. The monoisotopic (exact) mass is 312 g/mol. The zero-order valence-corrected chi connectivity index (χ0v) is 11.8. The second-order valence-electron chi connectivity index (χ2n) is 4.37. The average Bonchev–Trinajstić information content (AvgIpc) is 2.39. The third kappa shape index (κ3) is 3.31. The molecule has 0 unspecified atom stereocenters. The third-order valence-electron chi connectivity index (χ3n) is 3.15. The standard InChI is InChI=1S/C13H17BrN2O2/c14-12-3-1-2-11(10-12)13(18)16-6-4-15(5-7-16)8-9-17/h1-3,10,17H,4-9H2.